The van der Waals surface area contributed by atoms with Crippen molar-refractivity contribution in [1.29, 1.82) is 0 Å². The van der Waals surface area contributed by atoms with E-state index in [1.165, 1.54) is 11.3 Å². The first-order valence-corrected chi connectivity index (χ1v) is 9.99. The molecule has 1 fully saturated rings. The smallest absolute Gasteiger partial charge is 0.236 e. The van der Waals surface area contributed by atoms with Gasteiger partial charge in [0.05, 0.1) is 6.54 Å². The molecule has 0 saturated carbocycles. The zero-order valence-corrected chi connectivity index (χ0v) is 17.2. The molecule has 5 heteroatoms. The van der Waals surface area contributed by atoms with E-state index in [9.17, 15) is 4.79 Å². The Morgan fingerprint density at radius 3 is 2.50 bits per heavy atom. The van der Waals surface area contributed by atoms with E-state index in [0.717, 1.165) is 44.0 Å². The van der Waals surface area contributed by atoms with Gasteiger partial charge >= 0.3 is 0 Å². The van der Waals surface area contributed by atoms with Crippen LogP contribution in [0.25, 0.3) is 0 Å². The summed E-state index contributed by atoms with van der Waals surface area (Å²) in [7, 11) is 1.97. The quantitative estimate of drug-likeness (QED) is 0.739. The van der Waals surface area contributed by atoms with Gasteiger partial charge in [-0.05, 0) is 50.2 Å². The summed E-state index contributed by atoms with van der Waals surface area (Å²) in [5.41, 5.74) is 3.65. The Labute approximate surface area is 168 Å². The highest BCUT2D eigenvalue weighted by Crippen LogP contribution is 2.18. The minimum absolute atomic E-state index is 0.197. The predicted octanol–water partition coefficient (Wildman–Crippen LogP) is 2.96. The molecule has 1 aliphatic heterocycles. The fourth-order valence-electron chi connectivity index (χ4n) is 3.48. The third-order valence-electron chi connectivity index (χ3n) is 5.23. The molecule has 28 heavy (non-hydrogen) atoms. The number of amides is 1. The average Bonchev–Trinajstić information content (AvgIpc) is 2.69. The lowest BCUT2D eigenvalue weighted by molar-refractivity contribution is -0.132. The highest BCUT2D eigenvalue weighted by Gasteiger charge is 2.22. The molecule has 2 aromatic rings. The standard InChI is InChI=1S/C23H31N3O2/c1-19-7-6-9-21(17-19)25-11-13-26(14-12-25)23(27)18-24(3)15-16-28-22-10-5-4-8-20(22)2/h4-10,17H,11-16,18H2,1-3H3. The molecule has 0 aliphatic carbocycles. The van der Waals surface area contributed by atoms with Crippen LogP contribution in [0.1, 0.15) is 11.1 Å². The summed E-state index contributed by atoms with van der Waals surface area (Å²) in [6.45, 7) is 9.22. The van der Waals surface area contributed by atoms with Crippen LogP contribution in [0, 0.1) is 13.8 Å². The molecule has 0 atom stereocenters. The number of anilines is 1. The number of rotatable bonds is 7. The van der Waals surface area contributed by atoms with Crippen LogP contribution in [0.4, 0.5) is 5.69 Å². The molecular weight excluding hydrogens is 350 g/mol. The molecule has 0 bridgehead atoms. The maximum absolute atomic E-state index is 12.6. The van der Waals surface area contributed by atoms with Gasteiger partial charge in [-0.15, -0.1) is 0 Å². The highest BCUT2D eigenvalue weighted by atomic mass is 16.5. The minimum atomic E-state index is 0.197. The Balaban J connectivity index is 1.39. The van der Waals surface area contributed by atoms with Crippen LogP contribution >= 0.6 is 0 Å². The number of carbonyl (C=O) groups is 1. The Morgan fingerprint density at radius 1 is 1.04 bits per heavy atom. The first kappa shape index (κ1) is 20.2. The molecule has 0 spiro atoms. The number of hydrogen-bond donors (Lipinski definition) is 0. The van der Waals surface area contributed by atoms with Gasteiger partial charge in [0.25, 0.3) is 0 Å². The first-order valence-electron chi connectivity index (χ1n) is 9.99. The topological polar surface area (TPSA) is 36.0 Å². The van der Waals surface area contributed by atoms with Gasteiger partial charge < -0.3 is 14.5 Å². The third kappa shape index (κ3) is 5.49. The molecule has 0 unspecified atom stereocenters. The average molecular weight is 382 g/mol. The van der Waals surface area contributed by atoms with E-state index in [2.05, 4.69) is 36.1 Å². The summed E-state index contributed by atoms with van der Waals surface area (Å²) in [5, 5.41) is 0. The second-order valence-electron chi connectivity index (χ2n) is 7.56. The number of ether oxygens (including phenoxy) is 1. The van der Waals surface area contributed by atoms with Gasteiger partial charge in [0, 0.05) is 38.4 Å². The lowest BCUT2D eigenvalue weighted by Gasteiger charge is -2.36. The van der Waals surface area contributed by atoms with Crippen molar-refractivity contribution in [1.82, 2.24) is 9.80 Å². The molecule has 5 nitrogen and oxygen atoms in total. The summed E-state index contributed by atoms with van der Waals surface area (Å²) in [6, 6.07) is 16.6. The lowest BCUT2D eigenvalue weighted by Crippen LogP contribution is -2.51. The number of hydrogen-bond acceptors (Lipinski definition) is 4. The van der Waals surface area contributed by atoms with Crippen LogP contribution in [-0.4, -0.2) is 68.6 Å². The minimum Gasteiger partial charge on any atom is -0.492 e. The summed E-state index contributed by atoms with van der Waals surface area (Å²) < 4.78 is 5.83. The molecule has 1 amide bonds. The van der Waals surface area contributed by atoms with Crippen LogP contribution in [0.3, 0.4) is 0 Å². The molecule has 1 saturated heterocycles. The van der Waals surface area contributed by atoms with Crippen molar-refractivity contribution < 1.29 is 9.53 Å². The van der Waals surface area contributed by atoms with E-state index in [-0.39, 0.29) is 5.91 Å². The maximum atomic E-state index is 12.6. The Hall–Kier alpha value is -2.53. The number of nitrogens with zero attached hydrogens (tertiary/aromatic N) is 3. The summed E-state index contributed by atoms with van der Waals surface area (Å²) in [4.78, 5) is 19.0. The van der Waals surface area contributed by atoms with Crippen molar-refractivity contribution in [3.8, 4) is 5.75 Å². The molecular formula is C23H31N3O2. The Morgan fingerprint density at radius 2 is 1.79 bits per heavy atom. The van der Waals surface area contributed by atoms with E-state index >= 15 is 0 Å². The highest BCUT2D eigenvalue weighted by molar-refractivity contribution is 5.78. The number of carbonyl (C=O) groups excluding carboxylic acids is 1. The van der Waals surface area contributed by atoms with Crippen molar-refractivity contribution in [2.45, 2.75) is 13.8 Å². The van der Waals surface area contributed by atoms with E-state index in [4.69, 9.17) is 4.74 Å². The van der Waals surface area contributed by atoms with Crippen LogP contribution in [-0.2, 0) is 4.79 Å². The van der Waals surface area contributed by atoms with Crippen molar-refractivity contribution in [3.05, 3.63) is 59.7 Å². The monoisotopic (exact) mass is 381 g/mol. The third-order valence-corrected chi connectivity index (χ3v) is 5.23. The molecule has 0 N–H and O–H groups in total. The van der Waals surface area contributed by atoms with Gasteiger partial charge in [-0.2, -0.15) is 0 Å². The van der Waals surface area contributed by atoms with Crippen molar-refractivity contribution in [3.63, 3.8) is 0 Å². The maximum Gasteiger partial charge on any atom is 0.236 e. The van der Waals surface area contributed by atoms with E-state index in [0.29, 0.717) is 13.2 Å². The zero-order valence-electron chi connectivity index (χ0n) is 17.2. The fraction of sp³-hybridized carbons (Fsp3) is 0.435. The van der Waals surface area contributed by atoms with Crippen LogP contribution in [0.15, 0.2) is 48.5 Å². The van der Waals surface area contributed by atoms with Gasteiger partial charge in [-0.1, -0.05) is 30.3 Å². The van der Waals surface area contributed by atoms with Crippen molar-refractivity contribution in [2.75, 3.05) is 57.8 Å². The number of likely N-dealkylation sites (N-methyl/N-ethyl adjacent to an activating group) is 1. The Bertz CT molecular complexity index is 785. The summed E-state index contributed by atoms with van der Waals surface area (Å²) in [6.07, 6.45) is 0. The molecule has 1 aliphatic rings. The van der Waals surface area contributed by atoms with Gasteiger partial charge in [-0.25, -0.2) is 0 Å². The zero-order chi connectivity index (χ0) is 19.9. The van der Waals surface area contributed by atoms with E-state index in [1.807, 2.05) is 48.0 Å². The number of para-hydroxylation sites is 1. The normalized spacial score (nSPS) is 14.4. The SMILES string of the molecule is Cc1cccc(N2CCN(C(=O)CN(C)CCOc3ccccc3C)CC2)c1. The van der Waals surface area contributed by atoms with E-state index in [1.54, 1.807) is 0 Å². The molecule has 2 aromatic carbocycles. The van der Waals surface area contributed by atoms with Gasteiger partial charge in [0.15, 0.2) is 0 Å². The van der Waals surface area contributed by atoms with Crippen LogP contribution in [0.5, 0.6) is 5.75 Å². The summed E-state index contributed by atoms with van der Waals surface area (Å²) >= 11 is 0. The molecule has 0 radical (unpaired) electrons. The largest absolute Gasteiger partial charge is 0.492 e. The second-order valence-corrected chi connectivity index (χ2v) is 7.56. The second kappa shape index (κ2) is 9.60. The Kier molecular flexibility index (Phi) is 6.93. The van der Waals surface area contributed by atoms with Gasteiger partial charge in [0.1, 0.15) is 12.4 Å². The molecule has 0 aromatic heterocycles. The van der Waals surface area contributed by atoms with Crippen molar-refractivity contribution in [2.24, 2.45) is 0 Å². The lowest BCUT2D eigenvalue weighted by atomic mass is 10.2. The molecule has 150 valence electrons. The van der Waals surface area contributed by atoms with Crippen LogP contribution in [0.2, 0.25) is 0 Å². The number of aryl methyl sites for hydroxylation is 2. The van der Waals surface area contributed by atoms with Crippen molar-refractivity contribution >= 4 is 11.6 Å². The fourth-order valence-corrected chi connectivity index (χ4v) is 3.48. The molecule has 3 rings (SSSR count). The number of piperazine rings is 1. The number of benzene rings is 2. The first-order chi connectivity index (χ1) is 13.5. The van der Waals surface area contributed by atoms with Crippen LogP contribution < -0.4 is 9.64 Å². The summed E-state index contributed by atoms with van der Waals surface area (Å²) in [5.74, 6) is 1.11. The predicted molar refractivity (Wildman–Crippen MR) is 114 cm³/mol. The van der Waals surface area contributed by atoms with Gasteiger partial charge in [-0.3, -0.25) is 9.69 Å². The van der Waals surface area contributed by atoms with E-state index < -0.39 is 0 Å². The molecule has 1 heterocycles. The van der Waals surface area contributed by atoms with Gasteiger partial charge in [0.2, 0.25) is 5.91 Å².